The van der Waals surface area contributed by atoms with Gasteiger partial charge in [0.1, 0.15) is 5.69 Å². The lowest BCUT2D eigenvalue weighted by Crippen LogP contribution is -2.02. The maximum atomic E-state index is 5.60. The molecule has 0 aliphatic rings. The predicted molar refractivity (Wildman–Crippen MR) is 79.8 cm³/mol. The van der Waals surface area contributed by atoms with E-state index in [0.717, 1.165) is 36.3 Å². The van der Waals surface area contributed by atoms with Crippen molar-refractivity contribution in [3.63, 3.8) is 0 Å². The first-order valence-corrected chi connectivity index (χ1v) is 7.17. The molecule has 0 spiro atoms. The summed E-state index contributed by atoms with van der Waals surface area (Å²) in [5.74, 6) is 1.26. The monoisotopic (exact) mass is 271 g/mol. The van der Waals surface area contributed by atoms with Crippen LogP contribution in [0.2, 0.25) is 0 Å². The molecule has 0 aliphatic carbocycles. The van der Waals surface area contributed by atoms with Crippen molar-refractivity contribution < 1.29 is 4.74 Å². The summed E-state index contributed by atoms with van der Waals surface area (Å²) in [6, 6.07) is 7.84. The number of ether oxygens (including phenoxy) is 1. The number of hydrogen-bond acceptors (Lipinski definition) is 4. The minimum Gasteiger partial charge on any atom is -0.478 e. The minimum atomic E-state index is 0.622. The summed E-state index contributed by atoms with van der Waals surface area (Å²) in [5, 5.41) is 0. The van der Waals surface area contributed by atoms with Gasteiger partial charge in [-0.05, 0) is 31.9 Å². The summed E-state index contributed by atoms with van der Waals surface area (Å²) >= 11 is 0. The third kappa shape index (κ3) is 3.76. The molecule has 0 unspecified atom stereocenters. The summed E-state index contributed by atoms with van der Waals surface area (Å²) in [4.78, 5) is 13.5. The van der Waals surface area contributed by atoms with Crippen LogP contribution in [0, 0.1) is 6.92 Å². The van der Waals surface area contributed by atoms with E-state index in [-0.39, 0.29) is 0 Å². The number of hydrogen-bond donors (Lipinski definition) is 0. The van der Waals surface area contributed by atoms with Gasteiger partial charge in [0.2, 0.25) is 5.88 Å². The van der Waals surface area contributed by atoms with Crippen LogP contribution < -0.4 is 4.74 Å². The zero-order valence-electron chi connectivity index (χ0n) is 12.4. The van der Waals surface area contributed by atoms with E-state index >= 15 is 0 Å². The van der Waals surface area contributed by atoms with Gasteiger partial charge in [-0.3, -0.25) is 0 Å². The molecule has 2 rings (SSSR count). The number of aryl methyl sites for hydroxylation is 2. The van der Waals surface area contributed by atoms with E-state index in [2.05, 4.69) is 28.8 Å². The molecule has 20 heavy (non-hydrogen) atoms. The Bertz CT molecular complexity index is 569. The van der Waals surface area contributed by atoms with Crippen LogP contribution in [-0.4, -0.2) is 21.6 Å². The average molecular weight is 271 g/mol. The molecule has 0 aliphatic heterocycles. The molecule has 0 bridgehead atoms. The van der Waals surface area contributed by atoms with Crippen LogP contribution in [0.4, 0.5) is 0 Å². The van der Waals surface area contributed by atoms with Crippen molar-refractivity contribution >= 4 is 0 Å². The van der Waals surface area contributed by atoms with Crippen molar-refractivity contribution in [1.29, 1.82) is 0 Å². The van der Waals surface area contributed by atoms with Gasteiger partial charge in [-0.25, -0.2) is 9.97 Å². The highest BCUT2D eigenvalue weighted by Crippen LogP contribution is 2.18. The molecular weight excluding hydrogens is 250 g/mol. The first-order valence-electron chi connectivity index (χ1n) is 7.17. The lowest BCUT2D eigenvalue weighted by molar-refractivity contribution is 0.305. The summed E-state index contributed by atoms with van der Waals surface area (Å²) in [5.41, 5.74) is 2.77. The number of rotatable bonds is 6. The van der Waals surface area contributed by atoms with E-state index < -0.39 is 0 Å². The third-order valence-electron chi connectivity index (χ3n) is 2.83. The molecule has 4 nitrogen and oxygen atoms in total. The highest BCUT2D eigenvalue weighted by Gasteiger charge is 2.08. The Hall–Kier alpha value is -1.97. The van der Waals surface area contributed by atoms with Crippen LogP contribution in [0.3, 0.4) is 0 Å². The van der Waals surface area contributed by atoms with Crippen LogP contribution in [0.1, 0.15) is 38.1 Å². The van der Waals surface area contributed by atoms with E-state index in [4.69, 9.17) is 4.74 Å². The fraction of sp³-hybridized carbons (Fsp3) is 0.438. The summed E-state index contributed by atoms with van der Waals surface area (Å²) in [6.45, 7) is 6.83. The van der Waals surface area contributed by atoms with Crippen molar-refractivity contribution in [2.75, 3.05) is 6.61 Å². The molecule has 0 atom stereocenters. The van der Waals surface area contributed by atoms with Gasteiger partial charge in [-0.1, -0.05) is 26.3 Å². The SMILES string of the molecule is CCCOc1cc(C)nc(-c2cccc(CCC)n2)n1. The molecule has 0 saturated heterocycles. The van der Waals surface area contributed by atoms with E-state index in [0.29, 0.717) is 18.3 Å². The molecule has 0 amide bonds. The van der Waals surface area contributed by atoms with Gasteiger partial charge in [0.05, 0.1) is 6.61 Å². The number of pyridine rings is 1. The van der Waals surface area contributed by atoms with E-state index in [9.17, 15) is 0 Å². The van der Waals surface area contributed by atoms with Crippen molar-refractivity contribution in [3.05, 3.63) is 35.7 Å². The first-order chi connectivity index (χ1) is 9.72. The average Bonchev–Trinajstić information content (AvgIpc) is 2.45. The van der Waals surface area contributed by atoms with Crippen LogP contribution in [0.15, 0.2) is 24.3 Å². The van der Waals surface area contributed by atoms with Gasteiger partial charge in [-0.2, -0.15) is 4.98 Å². The molecule has 0 aromatic carbocycles. The number of aromatic nitrogens is 3. The summed E-state index contributed by atoms with van der Waals surface area (Å²) in [7, 11) is 0. The van der Waals surface area contributed by atoms with Gasteiger partial charge in [0.25, 0.3) is 0 Å². The highest BCUT2D eigenvalue weighted by atomic mass is 16.5. The molecule has 2 heterocycles. The Morgan fingerprint density at radius 2 is 1.90 bits per heavy atom. The van der Waals surface area contributed by atoms with Gasteiger partial charge >= 0.3 is 0 Å². The molecule has 0 saturated carbocycles. The van der Waals surface area contributed by atoms with E-state index in [1.54, 1.807) is 0 Å². The standard InChI is InChI=1S/C16H21N3O/c1-4-7-13-8-6-9-14(18-13)16-17-12(3)11-15(19-16)20-10-5-2/h6,8-9,11H,4-5,7,10H2,1-3H3. The van der Waals surface area contributed by atoms with Crippen molar-refractivity contribution in [2.45, 2.75) is 40.0 Å². The smallest absolute Gasteiger partial charge is 0.217 e. The first kappa shape index (κ1) is 14.4. The molecule has 4 heteroatoms. The van der Waals surface area contributed by atoms with Crippen molar-refractivity contribution in [3.8, 4) is 17.4 Å². The van der Waals surface area contributed by atoms with Gasteiger partial charge < -0.3 is 4.74 Å². The number of nitrogens with zero attached hydrogens (tertiary/aromatic N) is 3. The molecule has 0 fully saturated rings. The van der Waals surface area contributed by atoms with Gasteiger partial charge in [-0.15, -0.1) is 0 Å². The molecule has 106 valence electrons. The van der Waals surface area contributed by atoms with Crippen LogP contribution in [0.25, 0.3) is 11.5 Å². The quantitative estimate of drug-likeness (QED) is 0.805. The Kier molecular flexibility index (Phi) is 5.04. The Morgan fingerprint density at radius 3 is 2.65 bits per heavy atom. The lowest BCUT2D eigenvalue weighted by atomic mass is 10.2. The summed E-state index contributed by atoms with van der Waals surface area (Å²) < 4.78 is 5.60. The maximum absolute atomic E-state index is 5.60. The Morgan fingerprint density at radius 1 is 1.05 bits per heavy atom. The largest absolute Gasteiger partial charge is 0.478 e. The molecule has 0 N–H and O–H groups in total. The fourth-order valence-electron chi connectivity index (χ4n) is 1.93. The Labute approximate surface area is 120 Å². The minimum absolute atomic E-state index is 0.622. The van der Waals surface area contributed by atoms with Crippen molar-refractivity contribution in [2.24, 2.45) is 0 Å². The maximum Gasteiger partial charge on any atom is 0.217 e. The second-order valence-electron chi connectivity index (χ2n) is 4.78. The Balaban J connectivity index is 2.31. The normalized spacial score (nSPS) is 10.6. The molecule has 2 aromatic heterocycles. The molecule has 0 radical (unpaired) electrons. The van der Waals surface area contributed by atoms with Gasteiger partial charge in [0, 0.05) is 17.5 Å². The summed E-state index contributed by atoms with van der Waals surface area (Å²) in [6.07, 6.45) is 3.01. The second-order valence-corrected chi connectivity index (χ2v) is 4.78. The zero-order chi connectivity index (χ0) is 14.4. The van der Waals surface area contributed by atoms with Crippen LogP contribution in [0.5, 0.6) is 5.88 Å². The lowest BCUT2D eigenvalue weighted by Gasteiger charge is -2.07. The molecule has 2 aromatic rings. The van der Waals surface area contributed by atoms with E-state index in [1.165, 1.54) is 0 Å². The predicted octanol–water partition coefficient (Wildman–Crippen LogP) is 3.59. The van der Waals surface area contributed by atoms with E-state index in [1.807, 2.05) is 31.2 Å². The van der Waals surface area contributed by atoms with Crippen LogP contribution >= 0.6 is 0 Å². The topological polar surface area (TPSA) is 47.9 Å². The fourth-order valence-corrected chi connectivity index (χ4v) is 1.93. The van der Waals surface area contributed by atoms with Gasteiger partial charge in [0.15, 0.2) is 5.82 Å². The zero-order valence-corrected chi connectivity index (χ0v) is 12.4. The molecular formula is C16H21N3O. The third-order valence-corrected chi connectivity index (χ3v) is 2.83. The highest BCUT2D eigenvalue weighted by molar-refractivity contribution is 5.50. The van der Waals surface area contributed by atoms with Crippen molar-refractivity contribution in [1.82, 2.24) is 15.0 Å². The second kappa shape index (κ2) is 6.98. The van der Waals surface area contributed by atoms with Crippen LogP contribution in [-0.2, 0) is 6.42 Å².